The molecular weight excluding hydrogens is 563 g/mol. The lowest BCUT2D eigenvalue weighted by Gasteiger charge is -2.17. The van der Waals surface area contributed by atoms with Crippen molar-refractivity contribution in [1.82, 2.24) is 14.5 Å². The molecule has 1 aliphatic carbocycles. The minimum Gasteiger partial charge on any atom is -0.277 e. The molecule has 0 amide bonds. The van der Waals surface area contributed by atoms with Gasteiger partial charge in [-0.25, -0.2) is 9.97 Å². The van der Waals surface area contributed by atoms with E-state index in [9.17, 15) is 0 Å². The highest BCUT2D eigenvalue weighted by atomic mass is 32.2. The van der Waals surface area contributed by atoms with Gasteiger partial charge in [0.25, 0.3) is 0 Å². The van der Waals surface area contributed by atoms with E-state index in [-0.39, 0.29) is 0 Å². The number of benzene rings is 5. The fourth-order valence-electron chi connectivity index (χ4n) is 7.14. The van der Waals surface area contributed by atoms with Gasteiger partial charge in [-0.1, -0.05) is 115 Å². The molecule has 43 heavy (non-hydrogen) atoms. The third kappa shape index (κ3) is 3.26. The molecule has 0 saturated heterocycles. The molecule has 202 valence electrons. The first-order chi connectivity index (χ1) is 21.3. The average Bonchev–Trinajstić information content (AvgIpc) is 3.75. The Balaban J connectivity index is 1.41. The number of fused-ring (bicyclic) bond motifs is 13. The Morgan fingerprint density at radius 3 is 2.26 bits per heavy atom. The monoisotopic (exact) mass is 585 g/mol. The van der Waals surface area contributed by atoms with Crippen LogP contribution >= 0.6 is 23.1 Å². The molecule has 3 nitrogen and oxygen atoms in total. The fraction of sp³-hybridized carbons (Fsp3) is 0.0526. The lowest BCUT2D eigenvalue weighted by atomic mass is 9.87. The highest BCUT2D eigenvalue weighted by molar-refractivity contribution is 8.00. The Hall–Kier alpha value is -4.71. The van der Waals surface area contributed by atoms with Crippen LogP contribution in [0, 0.1) is 0 Å². The molecule has 2 atom stereocenters. The predicted molar refractivity (Wildman–Crippen MR) is 183 cm³/mol. The van der Waals surface area contributed by atoms with Crippen LogP contribution in [0.5, 0.6) is 0 Å². The van der Waals surface area contributed by atoms with Crippen molar-refractivity contribution < 1.29 is 0 Å². The van der Waals surface area contributed by atoms with Crippen LogP contribution in [0.1, 0.15) is 11.5 Å². The van der Waals surface area contributed by atoms with E-state index in [0.29, 0.717) is 11.2 Å². The number of allylic oxidation sites excluding steroid dienone is 3. The maximum Gasteiger partial charge on any atom is 0.235 e. The average molecular weight is 586 g/mol. The Kier molecular flexibility index (Phi) is 4.93. The van der Waals surface area contributed by atoms with Gasteiger partial charge in [-0.15, -0.1) is 23.1 Å². The van der Waals surface area contributed by atoms with E-state index >= 15 is 0 Å². The molecule has 0 bridgehead atoms. The molecule has 5 aromatic carbocycles. The zero-order valence-electron chi connectivity index (χ0n) is 22.9. The summed E-state index contributed by atoms with van der Waals surface area (Å²) < 4.78 is 4.71. The van der Waals surface area contributed by atoms with Crippen LogP contribution in [0.3, 0.4) is 0 Å². The summed E-state index contributed by atoms with van der Waals surface area (Å²) in [5.41, 5.74) is 6.88. The lowest BCUT2D eigenvalue weighted by molar-refractivity contribution is 0.890. The van der Waals surface area contributed by atoms with Gasteiger partial charge in [0.05, 0.1) is 26.9 Å². The van der Waals surface area contributed by atoms with Gasteiger partial charge in [-0.2, -0.15) is 0 Å². The van der Waals surface area contributed by atoms with Crippen molar-refractivity contribution >= 4 is 76.0 Å². The van der Waals surface area contributed by atoms with E-state index in [4.69, 9.17) is 9.97 Å². The highest BCUT2D eigenvalue weighted by Gasteiger charge is 2.36. The summed E-state index contributed by atoms with van der Waals surface area (Å²) in [6.45, 7) is 0. The number of thiophene rings is 1. The molecule has 8 aromatic rings. The van der Waals surface area contributed by atoms with E-state index < -0.39 is 0 Å². The maximum absolute atomic E-state index is 5.43. The fourth-order valence-corrected chi connectivity index (χ4v) is 9.78. The minimum absolute atomic E-state index is 0.342. The van der Waals surface area contributed by atoms with Crippen molar-refractivity contribution in [3.05, 3.63) is 133 Å². The van der Waals surface area contributed by atoms with Gasteiger partial charge in [-0.05, 0) is 28.5 Å². The van der Waals surface area contributed by atoms with Crippen LogP contribution in [-0.4, -0.2) is 19.8 Å². The third-order valence-corrected chi connectivity index (χ3v) is 11.5. The summed E-state index contributed by atoms with van der Waals surface area (Å²) in [5.74, 6) is 1.06. The predicted octanol–water partition coefficient (Wildman–Crippen LogP) is 10.4. The molecular formula is C38H23N3S2. The van der Waals surface area contributed by atoms with Gasteiger partial charge >= 0.3 is 0 Å². The standard InChI is InChI=1S/C38H23N3S2/c1-2-12-22(13-3-1)33-37-34(27-18-8-11-21-30(27)43-37)40-38(39-33)41-28-19-9-6-16-25(28)31-23-14-4-5-15-24(23)32-26-17-7-10-20-29(26)42-36(32)35(31)41/h1-21,26,29H. The molecule has 0 saturated carbocycles. The summed E-state index contributed by atoms with van der Waals surface area (Å²) in [6, 6.07) is 36.9. The third-order valence-electron chi connectivity index (χ3n) is 8.95. The van der Waals surface area contributed by atoms with E-state index in [2.05, 4.69) is 132 Å². The molecule has 1 aliphatic heterocycles. The number of nitrogens with zero attached hydrogens (tertiary/aromatic N) is 3. The smallest absolute Gasteiger partial charge is 0.235 e. The van der Waals surface area contributed by atoms with Crippen LogP contribution in [-0.2, 0) is 0 Å². The van der Waals surface area contributed by atoms with Crippen LogP contribution in [0.25, 0.3) is 70.1 Å². The zero-order chi connectivity index (χ0) is 28.1. The number of thioether (sulfide) groups is 1. The Morgan fingerprint density at radius 2 is 1.37 bits per heavy atom. The van der Waals surface area contributed by atoms with Crippen molar-refractivity contribution in [1.29, 1.82) is 0 Å². The van der Waals surface area contributed by atoms with Gasteiger partial charge < -0.3 is 0 Å². The number of hydrogen-bond acceptors (Lipinski definition) is 4. The topological polar surface area (TPSA) is 30.7 Å². The van der Waals surface area contributed by atoms with Crippen LogP contribution in [0.4, 0.5) is 0 Å². The second-order valence-electron chi connectivity index (χ2n) is 11.3. The van der Waals surface area contributed by atoms with E-state index in [1.807, 2.05) is 11.8 Å². The van der Waals surface area contributed by atoms with Crippen molar-refractivity contribution in [3.63, 3.8) is 0 Å². The lowest BCUT2D eigenvalue weighted by Crippen LogP contribution is -2.07. The van der Waals surface area contributed by atoms with Crippen LogP contribution < -0.4 is 0 Å². The Labute approximate surface area is 255 Å². The van der Waals surface area contributed by atoms with Crippen LogP contribution in [0.2, 0.25) is 0 Å². The summed E-state index contributed by atoms with van der Waals surface area (Å²) in [5, 5.41) is 6.71. The second-order valence-corrected chi connectivity index (χ2v) is 13.5. The molecule has 0 radical (unpaired) electrons. The molecule has 3 aromatic heterocycles. The number of rotatable bonds is 2. The first-order valence-corrected chi connectivity index (χ1v) is 16.3. The maximum atomic E-state index is 5.43. The van der Waals surface area contributed by atoms with Crippen molar-refractivity contribution in [2.45, 2.75) is 16.1 Å². The Bertz CT molecular complexity index is 2500. The van der Waals surface area contributed by atoms with E-state index in [1.165, 1.54) is 47.6 Å². The molecule has 2 aliphatic rings. The number of aromatic nitrogens is 3. The summed E-state index contributed by atoms with van der Waals surface area (Å²) >= 11 is 3.76. The van der Waals surface area contributed by atoms with E-state index in [0.717, 1.165) is 32.9 Å². The molecule has 0 fully saturated rings. The van der Waals surface area contributed by atoms with Gasteiger partial charge in [0.1, 0.15) is 0 Å². The first-order valence-electron chi connectivity index (χ1n) is 14.6. The van der Waals surface area contributed by atoms with Crippen molar-refractivity contribution in [2.75, 3.05) is 0 Å². The van der Waals surface area contributed by atoms with Crippen LogP contribution in [0.15, 0.2) is 132 Å². The minimum atomic E-state index is 0.342. The molecule has 10 rings (SSSR count). The molecule has 0 N–H and O–H groups in total. The number of para-hydroxylation sites is 1. The molecule has 4 heterocycles. The van der Waals surface area contributed by atoms with E-state index in [1.54, 1.807) is 11.3 Å². The SMILES string of the molecule is C1=CC2Sc3c(c4ccccc4c4c5ccccc5n(-c5nc(-c6ccccc6)c6sc7ccccc7c6n5)c34)C2C=C1. The van der Waals surface area contributed by atoms with Gasteiger partial charge in [0.15, 0.2) is 0 Å². The first kappa shape index (κ1) is 23.8. The van der Waals surface area contributed by atoms with Gasteiger partial charge in [0, 0.05) is 42.5 Å². The normalized spacial score (nSPS) is 17.5. The zero-order valence-corrected chi connectivity index (χ0v) is 24.6. The molecule has 5 heteroatoms. The van der Waals surface area contributed by atoms with Crippen molar-refractivity contribution in [2.24, 2.45) is 0 Å². The van der Waals surface area contributed by atoms with Gasteiger partial charge in [-0.3, -0.25) is 4.57 Å². The summed E-state index contributed by atoms with van der Waals surface area (Å²) in [6.07, 6.45) is 9.13. The van der Waals surface area contributed by atoms with Gasteiger partial charge in [0.2, 0.25) is 5.95 Å². The summed E-state index contributed by atoms with van der Waals surface area (Å²) in [4.78, 5) is 12.2. The second kappa shape index (κ2) is 8.90. The quantitative estimate of drug-likeness (QED) is 0.202. The molecule has 2 unspecified atom stereocenters. The molecule has 0 spiro atoms. The largest absolute Gasteiger partial charge is 0.277 e. The number of hydrogen-bond donors (Lipinski definition) is 0. The summed E-state index contributed by atoms with van der Waals surface area (Å²) in [7, 11) is 0. The van der Waals surface area contributed by atoms with Crippen molar-refractivity contribution in [3.8, 4) is 17.2 Å². The Morgan fingerprint density at radius 1 is 0.651 bits per heavy atom. The highest BCUT2D eigenvalue weighted by Crippen LogP contribution is 2.55.